The monoisotopic (exact) mass is 384 g/mol. The van der Waals surface area contributed by atoms with E-state index >= 15 is 0 Å². The van der Waals surface area contributed by atoms with E-state index in [4.69, 9.17) is 13.9 Å². The lowest BCUT2D eigenvalue weighted by Gasteiger charge is -2.28. The Bertz CT molecular complexity index is 888. The largest absolute Gasteiger partial charge is 0.477 e. The fourth-order valence-electron chi connectivity index (χ4n) is 3.58. The lowest BCUT2D eigenvalue weighted by Crippen LogP contribution is -2.43. The molecule has 1 saturated heterocycles. The van der Waals surface area contributed by atoms with Gasteiger partial charge in [0, 0.05) is 32.2 Å². The highest BCUT2D eigenvalue weighted by Gasteiger charge is 2.19. The van der Waals surface area contributed by atoms with E-state index in [-0.39, 0.29) is 23.7 Å². The van der Waals surface area contributed by atoms with E-state index < -0.39 is 0 Å². The molecule has 1 aromatic heterocycles. The zero-order chi connectivity index (χ0) is 19.3. The molecule has 0 N–H and O–H groups in total. The molecule has 7 heteroatoms. The van der Waals surface area contributed by atoms with Gasteiger partial charge in [0.15, 0.2) is 6.61 Å². The molecule has 0 saturated carbocycles. The molecular weight excluding hydrogens is 360 g/mol. The van der Waals surface area contributed by atoms with Crippen LogP contribution in [-0.4, -0.2) is 55.2 Å². The molecule has 2 aliphatic heterocycles. The summed E-state index contributed by atoms with van der Waals surface area (Å²) in [6.07, 6.45) is 2.30. The first kappa shape index (κ1) is 18.7. The molecule has 4 rings (SSSR count). The summed E-state index contributed by atoms with van der Waals surface area (Å²) in [4.78, 5) is 28.4. The van der Waals surface area contributed by atoms with E-state index in [1.807, 2.05) is 6.07 Å². The number of hydrogen-bond donors (Lipinski definition) is 0. The van der Waals surface area contributed by atoms with Crippen LogP contribution in [0.1, 0.15) is 16.9 Å². The summed E-state index contributed by atoms with van der Waals surface area (Å²) in [5.74, 6) is 0.504. The van der Waals surface area contributed by atoms with E-state index in [2.05, 4.69) is 23.1 Å². The van der Waals surface area contributed by atoms with Crippen LogP contribution in [0.25, 0.3) is 0 Å². The van der Waals surface area contributed by atoms with E-state index in [1.165, 1.54) is 23.5 Å². The standard InChI is InChI=1S/C21H24N2O5/c24-19-11-18(13-22-6-5-16-3-1-2-4-17(16)12-22)27-14-20(19)28-15-21(25)23-7-9-26-10-8-23/h1-4,11,14H,5-10,12-13,15H2. The zero-order valence-electron chi connectivity index (χ0n) is 15.8. The summed E-state index contributed by atoms with van der Waals surface area (Å²) < 4.78 is 16.2. The maximum absolute atomic E-state index is 12.3. The molecule has 3 heterocycles. The summed E-state index contributed by atoms with van der Waals surface area (Å²) in [5.41, 5.74) is 2.43. The average molecular weight is 384 g/mol. The Balaban J connectivity index is 1.33. The van der Waals surface area contributed by atoms with E-state index in [0.717, 1.165) is 19.5 Å². The Morgan fingerprint density at radius 2 is 1.89 bits per heavy atom. The Morgan fingerprint density at radius 1 is 1.11 bits per heavy atom. The van der Waals surface area contributed by atoms with Gasteiger partial charge in [-0.05, 0) is 17.5 Å². The molecule has 0 atom stereocenters. The van der Waals surface area contributed by atoms with Crippen LogP contribution in [0.4, 0.5) is 0 Å². The minimum Gasteiger partial charge on any atom is -0.477 e. The molecule has 0 bridgehead atoms. The van der Waals surface area contributed by atoms with Gasteiger partial charge in [-0.1, -0.05) is 24.3 Å². The van der Waals surface area contributed by atoms with Crippen LogP contribution in [0.5, 0.6) is 5.75 Å². The molecule has 1 amide bonds. The van der Waals surface area contributed by atoms with Gasteiger partial charge in [0.2, 0.25) is 11.2 Å². The van der Waals surface area contributed by atoms with Crippen LogP contribution in [0.15, 0.2) is 45.8 Å². The molecule has 0 radical (unpaired) electrons. The molecule has 7 nitrogen and oxygen atoms in total. The van der Waals surface area contributed by atoms with E-state index in [1.54, 1.807) is 4.90 Å². The minimum absolute atomic E-state index is 0.0642. The van der Waals surface area contributed by atoms with Crippen LogP contribution in [0.2, 0.25) is 0 Å². The maximum atomic E-state index is 12.3. The Kier molecular flexibility index (Phi) is 5.73. The second-order valence-electron chi connectivity index (χ2n) is 7.09. The summed E-state index contributed by atoms with van der Waals surface area (Å²) >= 11 is 0. The summed E-state index contributed by atoms with van der Waals surface area (Å²) in [7, 11) is 0. The minimum atomic E-state index is -0.270. The Hall–Kier alpha value is -2.64. The Labute approximate surface area is 163 Å². The van der Waals surface area contributed by atoms with Gasteiger partial charge in [-0.25, -0.2) is 0 Å². The van der Waals surface area contributed by atoms with Crippen molar-refractivity contribution in [3.63, 3.8) is 0 Å². The number of fused-ring (bicyclic) bond motifs is 1. The molecule has 2 aromatic rings. The number of rotatable bonds is 5. The van der Waals surface area contributed by atoms with Crippen molar-refractivity contribution in [3.8, 4) is 5.75 Å². The molecule has 2 aliphatic rings. The molecular formula is C21H24N2O5. The van der Waals surface area contributed by atoms with Gasteiger partial charge < -0.3 is 18.8 Å². The highest BCUT2D eigenvalue weighted by molar-refractivity contribution is 5.77. The fourth-order valence-corrected chi connectivity index (χ4v) is 3.58. The third-order valence-electron chi connectivity index (χ3n) is 5.16. The average Bonchev–Trinajstić information content (AvgIpc) is 2.73. The molecule has 28 heavy (non-hydrogen) atoms. The summed E-state index contributed by atoms with van der Waals surface area (Å²) in [6.45, 7) is 4.32. The van der Waals surface area contributed by atoms with Gasteiger partial charge in [0.05, 0.1) is 19.8 Å². The number of hydrogen-bond acceptors (Lipinski definition) is 6. The number of carbonyl (C=O) groups excluding carboxylic acids is 1. The highest BCUT2D eigenvalue weighted by Crippen LogP contribution is 2.20. The SMILES string of the molecule is O=C(COc1coc(CN2CCc3ccccc3C2)cc1=O)N1CCOCC1. The second-order valence-corrected chi connectivity index (χ2v) is 7.09. The van der Waals surface area contributed by atoms with Crippen molar-refractivity contribution in [2.45, 2.75) is 19.5 Å². The number of amides is 1. The first-order valence-corrected chi connectivity index (χ1v) is 9.58. The number of nitrogens with zero attached hydrogens (tertiary/aromatic N) is 2. The number of carbonyl (C=O) groups is 1. The van der Waals surface area contributed by atoms with Crippen LogP contribution in [0, 0.1) is 0 Å². The van der Waals surface area contributed by atoms with E-state index in [9.17, 15) is 9.59 Å². The van der Waals surface area contributed by atoms with Crippen molar-refractivity contribution in [2.24, 2.45) is 0 Å². The quantitative estimate of drug-likeness (QED) is 0.777. The molecule has 148 valence electrons. The van der Waals surface area contributed by atoms with Gasteiger partial charge in [-0.3, -0.25) is 14.5 Å². The smallest absolute Gasteiger partial charge is 0.260 e. The van der Waals surface area contributed by atoms with Crippen LogP contribution >= 0.6 is 0 Å². The van der Waals surface area contributed by atoms with Crippen molar-refractivity contribution >= 4 is 5.91 Å². The van der Waals surface area contributed by atoms with Crippen molar-refractivity contribution in [1.29, 1.82) is 0 Å². The maximum Gasteiger partial charge on any atom is 0.260 e. The molecule has 1 aromatic carbocycles. The Morgan fingerprint density at radius 3 is 2.68 bits per heavy atom. The number of morpholine rings is 1. The zero-order valence-corrected chi connectivity index (χ0v) is 15.8. The van der Waals surface area contributed by atoms with Gasteiger partial charge in [0.25, 0.3) is 5.91 Å². The van der Waals surface area contributed by atoms with Crippen molar-refractivity contribution in [3.05, 3.63) is 63.7 Å². The first-order chi connectivity index (χ1) is 13.7. The van der Waals surface area contributed by atoms with Crippen molar-refractivity contribution in [1.82, 2.24) is 9.80 Å². The fraction of sp³-hybridized carbons (Fsp3) is 0.429. The molecule has 1 fully saturated rings. The van der Waals surface area contributed by atoms with Gasteiger partial charge in [-0.2, -0.15) is 0 Å². The number of benzene rings is 1. The molecule has 0 unspecified atom stereocenters. The molecule has 0 spiro atoms. The topological polar surface area (TPSA) is 72.2 Å². The third kappa shape index (κ3) is 4.43. The van der Waals surface area contributed by atoms with Crippen molar-refractivity contribution < 1.29 is 18.7 Å². The highest BCUT2D eigenvalue weighted by atomic mass is 16.5. The lowest BCUT2D eigenvalue weighted by atomic mass is 10.00. The van der Waals surface area contributed by atoms with Gasteiger partial charge in [-0.15, -0.1) is 0 Å². The van der Waals surface area contributed by atoms with Gasteiger partial charge >= 0.3 is 0 Å². The summed E-state index contributed by atoms with van der Waals surface area (Å²) in [6, 6.07) is 9.87. The van der Waals surface area contributed by atoms with Crippen LogP contribution in [0.3, 0.4) is 0 Å². The van der Waals surface area contributed by atoms with Crippen LogP contribution < -0.4 is 10.2 Å². The number of ether oxygens (including phenoxy) is 2. The van der Waals surface area contributed by atoms with Gasteiger partial charge in [0.1, 0.15) is 12.0 Å². The second kappa shape index (κ2) is 8.58. The summed E-state index contributed by atoms with van der Waals surface area (Å²) in [5, 5.41) is 0. The predicted molar refractivity (Wildman–Crippen MR) is 102 cm³/mol. The molecule has 0 aliphatic carbocycles. The van der Waals surface area contributed by atoms with Crippen molar-refractivity contribution in [2.75, 3.05) is 39.5 Å². The first-order valence-electron chi connectivity index (χ1n) is 9.58. The lowest BCUT2D eigenvalue weighted by molar-refractivity contribution is -0.137. The normalized spacial score (nSPS) is 17.2. The predicted octanol–water partition coefficient (Wildman–Crippen LogP) is 1.44. The van der Waals surface area contributed by atoms with Crippen LogP contribution in [-0.2, 0) is 29.0 Å². The third-order valence-corrected chi connectivity index (χ3v) is 5.16. The van der Waals surface area contributed by atoms with E-state index in [0.29, 0.717) is 38.6 Å².